The molecule has 1 aromatic carbocycles. The number of carbonyl (C=O) groups excluding carboxylic acids is 3. The summed E-state index contributed by atoms with van der Waals surface area (Å²) in [4.78, 5) is 41.1. The van der Waals surface area contributed by atoms with Crippen molar-refractivity contribution in [3.63, 3.8) is 0 Å². The topological polar surface area (TPSA) is 79.0 Å². The van der Waals surface area contributed by atoms with Crippen LogP contribution in [0.4, 0.5) is 4.79 Å². The second-order valence-electron chi connectivity index (χ2n) is 8.98. The average molecular weight is 404 g/mol. The molecule has 1 heterocycles. The van der Waals surface area contributed by atoms with Crippen LogP contribution in [0.1, 0.15) is 47.1 Å². The maximum atomic E-state index is 13.1. The number of alkyl carbamates (subject to hydrolysis) is 1. The molecular formula is C22H33N3O4. The molecule has 1 N–H and O–H groups in total. The maximum Gasteiger partial charge on any atom is 0.408 e. The van der Waals surface area contributed by atoms with E-state index in [0.29, 0.717) is 26.2 Å². The lowest BCUT2D eigenvalue weighted by atomic mass is 9.83. The Balaban J connectivity index is 1.90. The minimum atomic E-state index is -0.687. The second kappa shape index (κ2) is 8.84. The molecule has 7 heteroatoms. The molecule has 1 aliphatic heterocycles. The summed E-state index contributed by atoms with van der Waals surface area (Å²) in [5, 5.41) is 2.58. The highest BCUT2D eigenvalue weighted by Gasteiger charge is 2.36. The van der Waals surface area contributed by atoms with E-state index in [4.69, 9.17) is 4.74 Å². The Labute approximate surface area is 173 Å². The van der Waals surface area contributed by atoms with E-state index < -0.39 is 23.2 Å². The summed E-state index contributed by atoms with van der Waals surface area (Å²) in [6.45, 7) is 12.6. The molecule has 1 aromatic rings. The van der Waals surface area contributed by atoms with Gasteiger partial charge in [-0.15, -0.1) is 0 Å². The van der Waals surface area contributed by atoms with Gasteiger partial charge < -0.3 is 19.9 Å². The zero-order valence-corrected chi connectivity index (χ0v) is 18.3. The number of nitrogens with zero attached hydrogens (tertiary/aromatic N) is 2. The van der Waals surface area contributed by atoms with Crippen LogP contribution in [0.25, 0.3) is 0 Å². The molecule has 0 radical (unpaired) electrons. The standard InChI is InChI=1S/C22H33N3O4/c1-16(23-20(28)29-21(2,3)4)18(26)24-12-14-25(15-13-24)19(27)22(5,6)17-10-8-7-9-11-17/h7-11,16H,12-15H2,1-6H3,(H,23,28). The smallest absolute Gasteiger partial charge is 0.408 e. The van der Waals surface area contributed by atoms with Crippen LogP contribution in [0.3, 0.4) is 0 Å². The fourth-order valence-electron chi connectivity index (χ4n) is 3.32. The highest BCUT2D eigenvalue weighted by molar-refractivity contribution is 5.88. The number of hydrogen-bond acceptors (Lipinski definition) is 4. The first-order chi connectivity index (χ1) is 13.4. The minimum Gasteiger partial charge on any atom is -0.444 e. The normalized spacial score (nSPS) is 16.2. The third kappa shape index (κ3) is 5.95. The molecule has 1 atom stereocenters. The van der Waals surface area contributed by atoms with Crippen molar-refractivity contribution >= 4 is 17.9 Å². The van der Waals surface area contributed by atoms with Gasteiger partial charge in [0.25, 0.3) is 0 Å². The number of piperazine rings is 1. The molecule has 1 saturated heterocycles. The van der Waals surface area contributed by atoms with E-state index in [2.05, 4.69) is 5.32 Å². The molecule has 7 nitrogen and oxygen atoms in total. The van der Waals surface area contributed by atoms with E-state index in [0.717, 1.165) is 5.56 Å². The predicted octanol–water partition coefficient (Wildman–Crippen LogP) is 2.55. The average Bonchev–Trinajstić information content (AvgIpc) is 2.66. The Kier molecular flexibility index (Phi) is 6.93. The Hall–Kier alpha value is -2.57. The molecule has 1 unspecified atom stereocenters. The molecule has 0 aliphatic carbocycles. The van der Waals surface area contributed by atoms with Gasteiger partial charge in [0.1, 0.15) is 11.6 Å². The van der Waals surface area contributed by atoms with E-state index in [1.807, 2.05) is 49.1 Å². The molecule has 0 saturated carbocycles. The van der Waals surface area contributed by atoms with Crippen molar-refractivity contribution < 1.29 is 19.1 Å². The van der Waals surface area contributed by atoms with Gasteiger partial charge in [-0.05, 0) is 47.1 Å². The fourth-order valence-corrected chi connectivity index (χ4v) is 3.32. The molecule has 0 aromatic heterocycles. The van der Waals surface area contributed by atoms with Crippen molar-refractivity contribution in [2.45, 2.75) is 58.6 Å². The van der Waals surface area contributed by atoms with Gasteiger partial charge in [-0.1, -0.05) is 30.3 Å². The molecule has 3 amide bonds. The van der Waals surface area contributed by atoms with Crippen molar-refractivity contribution in [1.29, 1.82) is 0 Å². The summed E-state index contributed by atoms with van der Waals surface area (Å²) >= 11 is 0. The molecule has 160 valence electrons. The molecule has 29 heavy (non-hydrogen) atoms. The molecule has 0 spiro atoms. The van der Waals surface area contributed by atoms with Gasteiger partial charge in [-0.2, -0.15) is 0 Å². The van der Waals surface area contributed by atoms with Crippen molar-refractivity contribution in [3.8, 4) is 0 Å². The Morgan fingerprint density at radius 3 is 1.97 bits per heavy atom. The lowest BCUT2D eigenvalue weighted by molar-refractivity contribution is -0.143. The predicted molar refractivity (Wildman–Crippen MR) is 111 cm³/mol. The van der Waals surface area contributed by atoms with Gasteiger partial charge in [-0.3, -0.25) is 9.59 Å². The van der Waals surface area contributed by atoms with Crippen LogP contribution < -0.4 is 5.32 Å². The van der Waals surface area contributed by atoms with Crippen molar-refractivity contribution in [2.24, 2.45) is 0 Å². The zero-order valence-electron chi connectivity index (χ0n) is 18.3. The first kappa shape index (κ1) is 22.7. The third-order valence-electron chi connectivity index (χ3n) is 5.01. The number of hydrogen-bond donors (Lipinski definition) is 1. The van der Waals surface area contributed by atoms with Crippen molar-refractivity contribution in [1.82, 2.24) is 15.1 Å². The van der Waals surface area contributed by atoms with E-state index in [9.17, 15) is 14.4 Å². The van der Waals surface area contributed by atoms with Gasteiger partial charge in [-0.25, -0.2) is 4.79 Å². The monoisotopic (exact) mass is 403 g/mol. The summed E-state index contributed by atoms with van der Waals surface area (Å²) in [6.07, 6.45) is -0.614. The molecular weight excluding hydrogens is 370 g/mol. The number of carbonyl (C=O) groups is 3. The van der Waals surface area contributed by atoms with Crippen molar-refractivity contribution in [3.05, 3.63) is 35.9 Å². The number of ether oxygens (including phenoxy) is 1. The first-order valence-corrected chi connectivity index (χ1v) is 10.0. The van der Waals surface area contributed by atoms with Crippen LogP contribution in [0.15, 0.2) is 30.3 Å². The van der Waals surface area contributed by atoms with Crippen LogP contribution in [0.2, 0.25) is 0 Å². The van der Waals surface area contributed by atoms with Crippen LogP contribution in [0.5, 0.6) is 0 Å². The summed E-state index contributed by atoms with van der Waals surface area (Å²) in [5.41, 5.74) is -0.276. The highest BCUT2D eigenvalue weighted by Crippen LogP contribution is 2.26. The molecule has 0 bridgehead atoms. The zero-order chi connectivity index (χ0) is 21.8. The van der Waals surface area contributed by atoms with Gasteiger partial charge in [0.05, 0.1) is 5.41 Å². The van der Waals surface area contributed by atoms with Crippen LogP contribution in [0, 0.1) is 0 Å². The van der Waals surface area contributed by atoms with Gasteiger partial charge in [0, 0.05) is 26.2 Å². The van der Waals surface area contributed by atoms with Gasteiger partial charge in [0.2, 0.25) is 11.8 Å². The number of benzene rings is 1. The third-order valence-corrected chi connectivity index (χ3v) is 5.01. The van der Waals surface area contributed by atoms with E-state index in [1.165, 1.54) is 0 Å². The maximum absolute atomic E-state index is 13.1. The Morgan fingerprint density at radius 2 is 1.45 bits per heavy atom. The molecule has 2 rings (SSSR count). The summed E-state index contributed by atoms with van der Waals surface area (Å²) in [6, 6.07) is 9.03. The molecule has 1 fully saturated rings. The Bertz CT molecular complexity index is 732. The minimum absolute atomic E-state index is 0.0516. The first-order valence-electron chi connectivity index (χ1n) is 10.0. The van der Waals surface area contributed by atoms with Crippen LogP contribution in [-0.4, -0.2) is 65.5 Å². The Morgan fingerprint density at radius 1 is 0.931 bits per heavy atom. The SMILES string of the molecule is CC(NC(=O)OC(C)(C)C)C(=O)N1CCN(C(=O)C(C)(C)c2ccccc2)CC1. The van der Waals surface area contributed by atoms with Crippen LogP contribution >= 0.6 is 0 Å². The van der Waals surface area contributed by atoms with Crippen molar-refractivity contribution in [2.75, 3.05) is 26.2 Å². The fraction of sp³-hybridized carbons (Fsp3) is 0.591. The summed E-state index contributed by atoms with van der Waals surface area (Å²) in [7, 11) is 0. The number of nitrogens with one attached hydrogen (secondary N) is 1. The quantitative estimate of drug-likeness (QED) is 0.838. The lowest BCUT2D eigenvalue weighted by Crippen LogP contribution is -2.57. The largest absolute Gasteiger partial charge is 0.444 e. The van der Waals surface area contributed by atoms with E-state index in [-0.39, 0.29) is 11.8 Å². The van der Waals surface area contributed by atoms with Gasteiger partial charge in [0.15, 0.2) is 0 Å². The van der Waals surface area contributed by atoms with Gasteiger partial charge >= 0.3 is 6.09 Å². The van der Waals surface area contributed by atoms with E-state index in [1.54, 1.807) is 32.6 Å². The second-order valence-corrected chi connectivity index (χ2v) is 8.98. The lowest BCUT2D eigenvalue weighted by Gasteiger charge is -2.39. The van der Waals surface area contributed by atoms with E-state index >= 15 is 0 Å². The molecule has 1 aliphatic rings. The number of amides is 3. The summed E-state index contributed by atoms with van der Waals surface area (Å²) in [5.74, 6) is -0.124. The number of rotatable bonds is 4. The highest BCUT2D eigenvalue weighted by atomic mass is 16.6. The van der Waals surface area contributed by atoms with Crippen LogP contribution in [-0.2, 0) is 19.7 Å². The summed E-state index contributed by atoms with van der Waals surface area (Å²) < 4.78 is 5.20.